The average molecular weight is 276 g/mol. The van der Waals surface area contributed by atoms with Crippen LogP contribution in [0.15, 0.2) is 23.0 Å². The first-order chi connectivity index (χ1) is 9.41. The maximum Gasteiger partial charge on any atom is 0.334 e. The van der Waals surface area contributed by atoms with E-state index in [-0.39, 0.29) is 11.5 Å². The van der Waals surface area contributed by atoms with Gasteiger partial charge in [-0.3, -0.25) is 9.98 Å². The molecule has 20 heavy (non-hydrogen) atoms. The van der Waals surface area contributed by atoms with Gasteiger partial charge in [-0.05, 0) is 33.2 Å². The van der Waals surface area contributed by atoms with Crippen LogP contribution in [0.2, 0.25) is 0 Å². The van der Waals surface area contributed by atoms with Gasteiger partial charge in [0.2, 0.25) is 0 Å². The summed E-state index contributed by atoms with van der Waals surface area (Å²) in [4.78, 5) is 14.1. The van der Waals surface area contributed by atoms with Crippen LogP contribution in [0.5, 0.6) is 5.75 Å². The molecule has 0 amide bonds. The molecule has 0 saturated carbocycles. The van der Waals surface area contributed by atoms with Gasteiger partial charge in [0.25, 0.3) is 0 Å². The number of benzene rings is 1. The summed E-state index contributed by atoms with van der Waals surface area (Å²) in [6, 6.07) is 5.49. The van der Waals surface area contributed by atoms with E-state index in [0.717, 1.165) is 23.3 Å². The molecule has 6 heteroatoms. The molecular formula is C14H20N4O2. The molecule has 1 heterocycles. The molecule has 108 valence electrons. The number of imidazole rings is 1. The fourth-order valence-electron chi connectivity index (χ4n) is 2.08. The van der Waals surface area contributed by atoms with Crippen molar-refractivity contribution in [1.29, 1.82) is 5.41 Å². The molecule has 0 spiro atoms. The molecule has 1 N–H and O–H groups in total. The van der Waals surface area contributed by atoms with Crippen molar-refractivity contribution >= 4 is 16.9 Å². The minimum absolute atomic E-state index is 0.210. The topological polar surface area (TPSA) is 63.3 Å². The Kier molecular flexibility index (Phi) is 3.94. The molecule has 2 rings (SSSR count). The van der Waals surface area contributed by atoms with Gasteiger partial charge in [0.15, 0.2) is 0 Å². The summed E-state index contributed by atoms with van der Waals surface area (Å²) < 4.78 is 8.59. The van der Waals surface area contributed by atoms with Crippen molar-refractivity contribution < 1.29 is 4.74 Å². The number of hydrogen-bond acceptors (Lipinski definition) is 4. The van der Waals surface area contributed by atoms with E-state index in [1.807, 2.05) is 37.2 Å². The lowest BCUT2D eigenvalue weighted by atomic mass is 10.3. The van der Waals surface area contributed by atoms with Gasteiger partial charge in [-0.15, -0.1) is 0 Å². The van der Waals surface area contributed by atoms with Crippen molar-refractivity contribution in [2.24, 2.45) is 7.05 Å². The first-order valence-electron chi connectivity index (χ1n) is 6.46. The Morgan fingerprint density at radius 3 is 2.65 bits per heavy atom. The highest BCUT2D eigenvalue weighted by Gasteiger charge is 2.12. The SMILES string of the molecule is CC(=N)n1c(=O)n(C)c2cc(OCCN(C)C)ccc21. The van der Waals surface area contributed by atoms with Crippen LogP contribution in [0.1, 0.15) is 6.92 Å². The van der Waals surface area contributed by atoms with Crippen molar-refractivity contribution in [3.05, 3.63) is 28.7 Å². The van der Waals surface area contributed by atoms with E-state index < -0.39 is 0 Å². The summed E-state index contributed by atoms with van der Waals surface area (Å²) in [6.07, 6.45) is 0. The minimum atomic E-state index is -0.210. The Hall–Kier alpha value is -2.08. The fraction of sp³-hybridized carbons (Fsp3) is 0.429. The minimum Gasteiger partial charge on any atom is -0.492 e. The summed E-state index contributed by atoms with van der Waals surface area (Å²) >= 11 is 0. The fourth-order valence-corrected chi connectivity index (χ4v) is 2.08. The smallest absolute Gasteiger partial charge is 0.334 e. The lowest BCUT2D eigenvalue weighted by Crippen LogP contribution is -2.25. The summed E-state index contributed by atoms with van der Waals surface area (Å²) in [5.41, 5.74) is 1.28. The molecule has 2 aromatic rings. The number of hydrogen-bond donors (Lipinski definition) is 1. The predicted octanol–water partition coefficient (Wildman–Crippen LogP) is 1.13. The number of rotatable bonds is 4. The van der Waals surface area contributed by atoms with Crippen LogP contribution in [-0.2, 0) is 7.05 Å². The van der Waals surface area contributed by atoms with Gasteiger partial charge < -0.3 is 9.64 Å². The van der Waals surface area contributed by atoms with Gasteiger partial charge in [0.05, 0.1) is 11.0 Å². The first kappa shape index (κ1) is 14.3. The summed E-state index contributed by atoms with van der Waals surface area (Å²) in [5.74, 6) is 0.941. The van der Waals surface area contributed by atoms with Crippen LogP contribution in [0.4, 0.5) is 0 Å². The Bertz CT molecular complexity index is 697. The van der Waals surface area contributed by atoms with E-state index in [9.17, 15) is 4.79 Å². The zero-order valence-corrected chi connectivity index (χ0v) is 12.3. The largest absolute Gasteiger partial charge is 0.492 e. The number of fused-ring (bicyclic) bond motifs is 1. The Balaban J connectivity index is 2.38. The summed E-state index contributed by atoms with van der Waals surface area (Å²) in [7, 11) is 5.68. The first-order valence-corrected chi connectivity index (χ1v) is 6.46. The maximum absolute atomic E-state index is 12.1. The lowest BCUT2D eigenvalue weighted by molar-refractivity contribution is 0.261. The van der Waals surface area contributed by atoms with Gasteiger partial charge in [-0.1, -0.05) is 0 Å². The third kappa shape index (κ3) is 2.60. The van der Waals surface area contributed by atoms with Crippen molar-refractivity contribution in [2.45, 2.75) is 6.92 Å². The highest BCUT2D eigenvalue weighted by Crippen LogP contribution is 2.19. The molecule has 0 atom stereocenters. The lowest BCUT2D eigenvalue weighted by Gasteiger charge is -2.11. The van der Waals surface area contributed by atoms with Gasteiger partial charge in [0, 0.05) is 19.7 Å². The molecule has 0 radical (unpaired) electrons. The van der Waals surface area contributed by atoms with Crippen molar-refractivity contribution in [3.63, 3.8) is 0 Å². The van der Waals surface area contributed by atoms with Crippen LogP contribution < -0.4 is 10.4 Å². The molecule has 1 aromatic heterocycles. The summed E-state index contributed by atoms with van der Waals surface area (Å²) in [5, 5.41) is 7.70. The third-order valence-electron chi connectivity index (χ3n) is 3.17. The molecular weight excluding hydrogens is 256 g/mol. The maximum atomic E-state index is 12.1. The van der Waals surface area contributed by atoms with Crippen LogP contribution >= 0.6 is 0 Å². The molecule has 0 fully saturated rings. The van der Waals surface area contributed by atoms with E-state index in [1.54, 1.807) is 14.0 Å². The van der Waals surface area contributed by atoms with Gasteiger partial charge in [-0.2, -0.15) is 0 Å². The molecule has 0 bridgehead atoms. The van der Waals surface area contributed by atoms with E-state index in [2.05, 4.69) is 0 Å². The monoisotopic (exact) mass is 276 g/mol. The van der Waals surface area contributed by atoms with E-state index >= 15 is 0 Å². The highest BCUT2D eigenvalue weighted by atomic mass is 16.5. The number of nitrogens with zero attached hydrogens (tertiary/aromatic N) is 3. The van der Waals surface area contributed by atoms with Crippen LogP contribution in [0, 0.1) is 5.41 Å². The summed E-state index contributed by atoms with van der Waals surface area (Å²) in [6.45, 7) is 3.02. The number of likely N-dealkylation sites (N-methyl/N-ethyl adjacent to an activating group) is 1. The molecule has 0 unspecified atom stereocenters. The average Bonchev–Trinajstić information content (AvgIpc) is 2.62. The zero-order valence-electron chi connectivity index (χ0n) is 12.3. The second-order valence-corrected chi connectivity index (χ2v) is 5.06. The van der Waals surface area contributed by atoms with Gasteiger partial charge in [-0.25, -0.2) is 9.36 Å². The predicted molar refractivity (Wildman–Crippen MR) is 80.0 cm³/mol. The molecule has 0 aliphatic rings. The van der Waals surface area contributed by atoms with E-state index in [4.69, 9.17) is 10.1 Å². The molecule has 6 nitrogen and oxygen atoms in total. The second-order valence-electron chi connectivity index (χ2n) is 5.06. The number of aryl methyl sites for hydroxylation is 1. The molecule has 0 aliphatic carbocycles. The van der Waals surface area contributed by atoms with Gasteiger partial charge >= 0.3 is 5.69 Å². The zero-order chi connectivity index (χ0) is 14.9. The second kappa shape index (κ2) is 5.50. The number of ether oxygens (including phenoxy) is 1. The molecule has 1 aromatic carbocycles. The normalized spacial score (nSPS) is 11.2. The van der Waals surface area contributed by atoms with Crippen LogP contribution in [0.25, 0.3) is 11.0 Å². The van der Waals surface area contributed by atoms with Gasteiger partial charge in [0.1, 0.15) is 18.2 Å². The van der Waals surface area contributed by atoms with Crippen molar-refractivity contribution in [2.75, 3.05) is 27.2 Å². The van der Waals surface area contributed by atoms with Crippen LogP contribution in [0.3, 0.4) is 0 Å². The molecule has 0 aliphatic heterocycles. The Labute approximate surface area is 117 Å². The van der Waals surface area contributed by atoms with E-state index in [1.165, 1.54) is 9.13 Å². The van der Waals surface area contributed by atoms with E-state index in [0.29, 0.717) is 6.61 Å². The highest BCUT2D eigenvalue weighted by molar-refractivity contribution is 5.91. The van der Waals surface area contributed by atoms with Crippen molar-refractivity contribution in [3.8, 4) is 5.75 Å². The Morgan fingerprint density at radius 2 is 2.05 bits per heavy atom. The van der Waals surface area contributed by atoms with Crippen molar-refractivity contribution in [1.82, 2.24) is 14.0 Å². The number of nitrogens with one attached hydrogen (secondary N) is 1. The quantitative estimate of drug-likeness (QED) is 0.672. The standard InChI is InChI=1S/C14H20N4O2/c1-10(15)18-12-6-5-11(20-8-7-16(2)3)9-13(12)17(4)14(18)19/h5-6,9,15H,7-8H2,1-4H3. The number of aromatic nitrogens is 2. The third-order valence-corrected chi connectivity index (χ3v) is 3.17. The Morgan fingerprint density at radius 1 is 1.35 bits per heavy atom. The molecule has 0 saturated heterocycles. The van der Waals surface area contributed by atoms with Crippen LogP contribution in [-0.4, -0.2) is 47.1 Å².